The molecule has 1 aliphatic rings. The van der Waals surface area contributed by atoms with E-state index in [1.165, 1.54) is 25.7 Å². The molecule has 0 radical (unpaired) electrons. The van der Waals surface area contributed by atoms with E-state index in [9.17, 15) is 0 Å². The Bertz CT molecular complexity index is 741. The van der Waals surface area contributed by atoms with E-state index in [0.717, 1.165) is 12.8 Å². The Morgan fingerprint density at radius 3 is 2.29 bits per heavy atom. The highest BCUT2D eigenvalue weighted by atomic mass is 16.5. The summed E-state index contributed by atoms with van der Waals surface area (Å²) in [6.07, 6.45) is 7.30. The topological polar surface area (TPSA) is 116 Å². The van der Waals surface area contributed by atoms with E-state index in [1.807, 2.05) is 30.3 Å². The van der Waals surface area contributed by atoms with Crippen LogP contribution in [-0.4, -0.2) is 60.5 Å². The van der Waals surface area contributed by atoms with Crippen LogP contribution in [0.2, 0.25) is 0 Å². The minimum atomic E-state index is 0.260. The molecule has 0 amide bonds. The molecule has 9 nitrogen and oxygen atoms in total. The summed E-state index contributed by atoms with van der Waals surface area (Å²) in [5, 5.41) is 6.67. The molecule has 1 fully saturated rings. The van der Waals surface area contributed by atoms with E-state index in [4.69, 9.17) is 19.9 Å². The Labute approximate surface area is 184 Å². The molecule has 0 spiro atoms. The summed E-state index contributed by atoms with van der Waals surface area (Å²) >= 11 is 0. The third-order valence-electron chi connectivity index (χ3n) is 4.92. The van der Waals surface area contributed by atoms with Crippen molar-refractivity contribution in [2.45, 2.75) is 44.6 Å². The van der Waals surface area contributed by atoms with E-state index in [-0.39, 0.29) is 6.01 Å². The Morgan fingerprint density at radius 1 is 0.839 bits per heavy atom. The first-order valence-electron chi connectivity index (χ1n) is 11.2. The van der Waals surface area contributed by atoms with Crippen LogP contribution in [0.3, 0.4) is 0 Å². The van der Waals surface area contributed by atoms with Crippen LogP contribution in [-0.2, 0) is 9.47 Å². The molecule has 1 aromatic carbocycles. The van der Waals surface area contributed by atoms with Crippen LogP contribution >= 0.6 is 0 Å². The first-order chi connectivity index (χ1) is 15.3. The second kappa shape index (κ2) is 13.7. The molecular weight excluding hydrogens is 396 g/mol. The van der Waals surface area contributed by atoms with Crippen molar-refractivity contribution < 1.29 is 14.2 Å². The summed E-state index contributed by atoms with van der Waals surface area (Å²) in [7, 11) is 0. The van der Waals surface area contributed by atoms with Gasteiger partial charge in [0.05, 0.1) is 26.4 Å². The average molecular weight is 431 g/mol. The number of benzene rings is 1. The van der Waals surface area contributed by atoms with Crippen molar-refractivity contribution in [3.8, 4) is 11.8 Å². The second-order valence-corrected chi connectivity index (χ2v) is 7.45. The van der Waals surface area contributed by atoms with Crippen molar-refractivity contribution in [3.05, 3.63) is 30.3 Å². The van der Waals surface area contributed by atoms with Gasteiger partial charge in [-0.05, 0) is 25.0 Å². The number of para-hydroxylation sites is 1. The molecule has 0 unspecified atom stereocenters. The van der Waals surface area contributed by atoms with Crippen LogP contribution in [0.1, 0.15) is 38.5 Å². The first-order valence-corrected chi connectivity index (χ1v) is 11.2. The Balaban J connectivity index is 1.57. The average Bonchev–Trinajstić information content (AvgIpc) is 3.05. The molecule has 0 bridgehead atoms. The summed E-state index contributed by atoms with van der Waals surface area (Å²) in [4.78, 5) is 13.4. The van der Waals surface area contributed by atoms with Gasteiger partial charge in [-0.3, -0.25) is 0 Å². The molecule has 0 saturated heterocycles. The number of rotatable bonds is 13. The quantitative estimate of drug-likeness (QED) is 0.325. The molecule has 9 heteroatoms. The lowest BCUT2D eigenvalue weighted by Gasteiger charge is -2.17. The van der Waals surface area contributed by atoms with Gasteiger partial charge < -0.3 is 30.6 Å². The minimum absolute atomic E-state index is 0.260. The summed E-state index contributed by atoms with van der Waals surface area (Å²) in [5.41, 5.74) is 5.38. The van der Waals surface area contributed by atoms with Gasteiger partial charge in [0.1, 0.15) is 5.75 Å². The molecule has 1 aromatic heterocycles. The smallest absolute Gasteiger partial charge is 0.328 e. The molecule has 31 heavy (non-hydrogen) atoms. The maximum atomic E-state index is 5.86. The lowest BCUT2D eigenvalue weighted by Crippen LogP contribution is -2.21. The fourth-order valence-corrected chi connectivity index (χ4v) is 3.39. The Hall–Kier alpha value is -2.49. The van der Waals surface area contributed by atoms with Gasteiger partial charge in [-0.1, -0.05) is 43.9 Å². The van der Waals surface area contributed by atoms with Gasteiger partial charge in [-0.2, -0.15) is 15.0 Å². The summed E-state index contributed by atoms with van der Waals surface area (Å²) < 4.78 is 16.7. The van der Waals surface area contributed by atoms with Gasteiger partial charge >= 0.3 is 6.01 Å². The van der Waals surface area contributed by atoms with E-state index >= 15 is 0 Å². The van der Waals surface area contributed by atoms with Crippen LogP contribution in [0.15, 0.2) is 30.3 Å². The number of hydrogen-bond donors (Lipinski definition) is 3. The van der Waals surface area contributed by atoms with Crippen LogP contribution in [0, 0.1) is 0 Å². The highest BCUT2D eigenvalue weighted by Gasteiger charge is 2.15. The number of ether oxygens (including phenoxy) is 3. The second-order valence-electron chi connectivity index (χ2n) is 7.45. The number of nitrogens with zero attached hydrogens (tertiary/aromatic N) is 3. The third kappa shape index (κ3) is 9.04. The van der Waals surface area contributed by atoms with E-state index in [0.29, 0.717) is 63.2 Å². The number of nitrogens with one attached hydrogen (secondary N) is 2. The Kier molecular flexibility index (Phi) is 10.3. The van der Waals surface area contributed by atoms with Gasteiger partial charge in [0, 0.05) is 19.1 Å². The number of hydrogen-bond acceptors (Lipinski definition) is 9. The molecule has 170 valence electrons. The van der Waals surface area contributed by atoms with Gasteiger partial charge in [0.2, 0.25) is 11.9 Å². The lowest BCUT2D eigenvalue weighted by molar-refractivity contribution is 0.0547. The molecule has 1 aliphatic carbocycles. The highest BCUT2D eigenvalue weighted by molar-refractivity contribution is 5.38. The molecule has 1 heterocycles. The number of anilines is 2. The lowest BCUT2D eigenvalue weighted by atomic mass is 10.1. The van der Waals surface area contributed by atoms with Gasteiger partial charge in [-0.15, -0.1) is 0 Å². The van der Waals surface area contributed by atoms with Crippen molar-refractivity contribution in [2.24, 2.45) is 5.73 Å². The predicted molar refractivity (Wildman–Crippen MR) is 121 cm³/mol. The van der Waals surface area contributed by atoms with Crippen LogP contribution in [0.4, 0.5) is 11.9 Å². The van der Waals surface area contributed by atoms with Crippen molar-refractivity contribution in [2.75, 3.05) is 50.2 Å². The maximum absolute atomic E-state index is 5.86. The minimum Gasteiger partial charge on any atom is -0.424 e. The molecule has 1 saturated carbocycles. The molecule has 0 aliphatic heterocycles. The largest absolute Gasteiger partial charge is 0.424 e. The van der Waals surface area contributed by atoms with Crippen molar-refractivity contribution >= 4 is 11.9 Å². The van der Waals surface area contributed by atoms with Crippen molar-refractivity contribution in [1.29, 1.82) is 0 Å². The number of aromatic nitrogens is 3. The summed E-state index contributed by atoms with van der Waals surface area (Å²) in [6, 6.07) is 10.1. The maximum Gasteiger partial charge on any atom is 0.328 e. The van der Waals surface area contributed by atoms with Crippen molar-refractivity contribution in [3.63, 3.8) is 0 Å². The standard InChI is InChI=1S/C22H34N6O3/c23-12-14-29-16-17-30-15-13-24-20-26-21(25-18-8-4-1-2-5-9-18)28-22(27-20)31-19-10-6-3-7-11-19/h3,6-7,10-11,18H,1-2,4-5,8-9,12-17,23H2,(H2,24,25,26,27,28). The molecule has 3 rings (SSSR count). The molecule has 4 N–H and O–H groups in total. The fraction of sp³-hybridized carbons (Fsp3) is 0.591. The summed E-state index contributed by atoms with van der Waals surface area (Å²) in [5.74, 6) is 1.67. The normalized spacial score (nSPS) is 14.7. The van der Waals surface area contributed by atoms with E-state index in [1.54, 1.807) is 0 Å². The predicted octanol–water partition coefficient (Wildman–Crippen LogP) is 3.20. The van der Waals surface area contributed by atoms with Gasteiger partial charge in [-0.25, -0.2) is 0 Å². The highest BCUT2D eigenvalue weighted by Crippen LogP contribution is 2.23. The first kappa shape index (κ1) is 23.2. The van der Waals surface area contributed by atoms with E-state index < -0.39 is 0 Å². The zero-order valence-electron chi connectivity index (χ0n) is 18.1. The SMILES string of the molecule is NCCOCCOCCNc1nc(NC2CCCCCC2)nc(Oc2ccccc2)n1. The molecule has 0 atom stereocenters. The number of nitrogens with two attached hydrogens (primary N) is 1. The van der Waals surface area contributed by atoms with Crippen LogP contribution < -0.4 is 21.1 Å². The van der Waals surface area contributed by atoms with Gasteiger partial charge in [0.15, 0.2) is 0 Å². The molecular formula is C22H34N6O3. The van der Waals surface area contributed by atoms with E-state index in [2.05, 4.69) is 25.6 Å². The third-order valence-corrected chi connectivity index (χ3v) is 4.92. The van der Waals surface area contributed by atoms with Gasteiger partial charge in [0.25, 0.3) is 0 Å². The Morgan fingerprint density at radius 2 is 1.55 bits per heavy atom. The molecule has 2 aromatic rings. The van der Waals surface area contributed by atoms with Crippen molar-refractivity contribution in [1.82, 2.24) is 15.0 Å². The summed E-state index contributed by atoms with van der Waals surface area (Å²) in [6.45, 7) is 3.20. The van der Waals surface area contributed by atoms with Crippen LogP contribution in [0.5, 0.6) is 11.8 Å². The van der Waals surface area contributed by atoms with Crippen LogP contribution in [0.25, 0.3) is 0 Å². The monoisotopic (exact) mass is 430 g/mol. The fourth-order valence-electron chi connectivity index (χ4n) is 3.39. The zero-order chi connectivity index (χ0) is 21.6. The zero-order valence-corrected chi connectivity index (χ0v) is 18.1.